The molecule has 1 aromatic rings. The van der Waals surface area contributed by atoms with Crippen LogP contribution in [0.15, 0.2) is 24.3 Å². The Morgan fingerprint density at radius 2 is 2.00 bits per heavy atom. The maximum absolute atomic E-state index is 12.3. The highest BCUT2D eigenvalue weighted by Crippen LogP contribution is 2.43. The van der Waals surface area contributed by atoms with Crippen LogP contribution in [0, 0.1) is 21.4 Å². The van der Waals surface area contributed by atoms with Gasteiger partial charge in [-0.25, -0.2) is 0 Å². The fraction of sp³-hybridized carbons (Fsp3) is 0.533. The summed E-state index contributed by atoms with van der Waals surface area (Å²) < 4.78 is 0. The largest absolute Gasteiger partial charge is 0.299 e. The summed E-state index contributed by atoms with van der Waals surface area (Å²) in [5.41, 5.74) is 1.02. The van der Waals surface area contributed by atoms with Gasteiger partial charge in [-0.2, -0.15) is 0 Å². The van der Waals surface area contributed by atoms with Gasteiger partial charge in [0.15, 0.2) is 0 Å². The van der Waals surface area contributed by atoms with E-state index in [2.05, 4.69) is 13.8 Å². The van der Waals surface area contributed by atoms with E-state index in [0.717, 1.165) is 24.8 Å². The van der Waals surface area contributed by atoms with Crippen LogP contribution in [0.3, 0.4) is 0 Å². The second kappa shape index (κ2) is 5.11. The zero-order valence-electron chi connectivity index (χ0n) is 11.4. The molecule has 0 radical (unpaired) electrons. The molecule has 0 aliphatic heterocycles. The maximum Gasteiger partial charge on any atom is 0.269 e. The molecule has 19 heavy (non-hydrogen) atoms. The van der Waals surface area contributed by atoms with Crippen LogP contribution in [0.25, 0.3) is 0 Å². The molecule has 1 saturated carbocycles. The molecule has 1 atom stereocenters. The molecule has 0 aromatic heterocycles. The molecule has 1 fully saturated rings. The van der Waals surface area contributed by atoms with E-state index in [9.17, 15) is 14.9 Å². The van der Waals surface area contributed by atoms with E-state index in [4.69, 9.17) is 0 Å². The molecule has 102 valence electrons. The Morgan fingerprint density at radius 1 is 1.37 bits per heavy atom. The van der Waals surface area contributed by atoms with Crippen molar-refractivity contribution in [1.29, 1.82) is 0 Å². The Morgan fingerprint density at radius 3 is 2.47 bits per heavy atom. The van der Waals surface area contributed by atoms with Gasteiger partial charge in [-0.3, -0.25) is 14.9 Å². The number of carbonyl (C=O) groups excluding carboxylic acids is 1. The first-order chi connectivity index (χ1) is 8.90. The number of nitrogens with zero attached hydrogens (tertiary/aromatic N) is 1. The van der Waals surface area contributed by atoms with Crippen molar-refractivity contribution in [1.82, 2.24) is 0 Å². The number of carbonyl (C=O) groups is 1. The molecule has 4 heteroatoms. The van der Waals surface area contributed by atoms with Crippen LogP contribution >= 0.6 is 0 Å². The van der Waals surface area contributed by atoms with Crippen molar-refractivity contribution in [2.45, 2.75) is 39.5 Å². The maximum atomic E-state index is 12.3. The minimum Gasteiger partial charge on any atom is -0.299 e. The number of nitro groups is 1. The van der Waals surface area contributed by atoms with Crippen LogP contribution in [0.2, 0.25) is 0 Å². The normalized spacial score (nSPS) is 21.3. The fourth-order valence-corrected chi connectivity index (χ4v) is 2.98. The highest BCUT2D eigenvalue weighted by Gasteiger charge is 2.38. The van der Waals surface area contributed by atoms with Crippen LogP contribution in [0.5, 0.6) is 0 Å². The third-order valence-electron chi connectivity index (χ3n) is 4.17. The molecule has 1 unspecified atom stereocenters. The van der Waals surface area contributed by atoms with E-state index in [0.29, 0.717) is 6.42 Å². The van der Waals surface area contributed by atoms with E-state index in [1.807, 2.05) is 0 Å². The van der Waals surface area contributed by atoms with Crippen LogP contribution in [-0.4, -0.2) is 10.7 Å². The second-order valence-corrected chi connectivity index (χ2v) is 6.00. The molecule has 0 bridgehead atoms. The average molecular weight is 261 g/mol. The Hall–Kier alpha value is -1.71. The molecule has 0 N–H and O–H groups in total. The lowest BCUT2D eigenvalue weighted by Gasteiger charge is -2.25. The Bertz CT molecular complexity index is 491. The summed E-state index contributed by atoms with van der Waals surface area (Å²) >= 11 is 0. The van der Waals surface area contributed by atoms with Gasteiger partial charge in [-0.05, 0) is 23.8 Å². The average Bonchev–Trinajstić information content (AvgIpc) is 2.69. The molecule has 2 rings (SSSR count). The zero-order chi connectivity index (χ0) is 14.0. The molecule has 1 aromatic carbocycles. The third-order valence-corrected chi connectivity index (χ3v) is 4.17. The van der Waals surface area contributed by atoms with Crippen molar-refractivity contribution in [3.63, 3.8) is 0 Å². The highest BCUT2D eigenvalue weighted by molar-refractivity contribution is 5.84. The topological polar surface area (TPSA) is 60.2 Å². The van der Waals surface area contributed by atoms with Crippen LogP contribution in [0.1, 0.15) is 38.7 Å². The van der Waals surface area contributed by atoms with E-state index in [1.165, 1.54) is 12.1 Å². The Kier molecular flexibility index (Phi) is 3.69. The number of hydrogen-bond donors (Lipinski definition) is 0. The number of rotatable bonds is 4. The van der Waals surface area contributed by atoms with E-state index in [-0.39, 0.29) is 22.8 Å². The summed E-state index contributed by atoms with van der Waals surface area (Å²) in [4.78, 5) is 22.5. The summed E-state index contributed by atoms with van der Waals surface area (Å²) in [6, 6.07) is 6.28. The molecule has 4 nitrogen and oxygen atoms in total. The molecular weight excluding hydrogens is 242 g/mol. The van der Waals surface area contributed by atoms with Gasteiger partial charge in [0.1, 0.15) is 5.78 Å². The van der Waals surface area contributed by atoms with Gasteiger partial charge in [-0.1, -0.05) is 32.4 Å². The first kappa shape index (κ1) is 13.7. The number of hydrogen-bond acceptors (Lipinski definition) is 3. The number of benzene rings is 1. The number of nitro benzene ring substituents is 1. The lowest BCUT2D eigenvalue weighted by molar-refractivity contribution is -0.384. The first-order valence-electron chi connectivity index (χ1n) is 6.66. The van der Waals surface area contributed by atoms with E-state index in [1.54, 1.807) is 12.1 Å². The fourth-order valence-electron chi connectivity index (χ4n) is 2.98. The van der Waals surface area contributed by atoms with Gasteiger partial charge in [0.25, 0.3) is 5.69 Å². The molecule has 1 aliphatic carbocycles. The van der Waals surface area contributed by atoms with E-state index >= 15 is 0 Å². The summed E-state index contributed by atoms with van der Waals surface area (Å²) in [6.45, 7) is 4.30. The number of non-ortho nitro benzene ring substituents is 1. The quantitative estimate of drug-likeness (QED) is 0.615. The molecule has 0 amide bonds. The standard InChI is InChI=1S/C15H19NO3/c1-15(2)9-3-4-13(15)14(17)10-11-5-7-12(8-6-11)16(18)19/h5-8,13H,3-4,9-10H2,1-2H3. The van der Waals surface area contributed by atoms with Crippen molar-refractivity contribution in [3.05, 3.63) is 39.9 Å². The van der Waals surface area contributed by atoms with Crippen LogP contribution < -0.4 is 0 Å². The van der Waals surface area contributed by atoms with Gasteiger partial charge in [0.2, 0.25) is 0 Å². The van der Waals surface area contributed by atoms with Crippen molar-refractivity contribution >= 4 is 11.5 Å². The predicted octanol–water partition coefficient (Wildman–Crippen LogP) is 3.53. The summed E-state index contributed by atoms with van der Waals surface area (Å²) in [7, 11) is 0. The number of ketones is 1. The molecular formula is C15H19NO3. The summed E-state index contributed by atoms with van der Waals surface area (Å²) in [6.07, 6.45) is 3.57. The lowest BCUT2D eigenvalue weighted by atomic mass is 9.78. The van der Waals surface area contributed by atoms with Crippen molar-refractivity contribution in [2.24, 2.45) is 11.3 Å². The summed E-state index contributed by atoms with van der Waals surface area (Å²) in [5.74, 6) is 0.388. The van der Waals surface area contributed by atoms with Gasteiger partial charge in [0, 0.05) is 24.5 Å². The van der Waals surface area contributed by atoms with Gasteiger partial charge in [-0.15, -0.1) is 0 Å². The second-order valence-electron chi connectivity index (χ2n) is 6.00. The molecule has 0 spiro atoms. The monoisotopic (exact) mass is 261 g/mol. The zero-order valence-corrected chi connectivity index (χ0v) is 11.4. The van der Waals surface area contributed by atoms with Crippen molar-refractivity contribution in [2.75, 3.05) is 0 Å². The van der Waals surface area contributed by atoms with Gasteiger partial charge < -0.3 is 0 Å². The minimum absolute atomic E-state index is 0.0670. The molecule has 0 heterocycles. The number of Topliss-reactive ketones (excluding diaryl/α,β-unsaturated/α-hetero) is 1. The third kappa shape index (κ3) is 3.00. The Balaban J connectivity index is 2.05. The van der Waals surface area contributed by atoms with Gasteiger partial charge in [0.05, 0.1) is 4.92 Å². The van der Waals surface area contributed by atoms with Crippen LogP contribution in [-0.2, 0) is 11.2 Å². The van der Waals surface area contributed by atoms with Gasteiger partial charge >= 0.3 is 0 Å². The van der Waals surface area contributed by atoms with Crippen molar-refractivity contribution in [3.8, 4) is 0 Å². The Labute approximate surface area is 113 Å². The van der Waals surface area contributed by atoms with Crippen LogP contribution in [0.4, 0.5) is 5.69 Å². The predicted molar refractivity (Wildman–Crippen MR) is 72.9 cm³/mol. The summed E-state index contributed by atoms with van der Waals surface area (Å²) in [5, 5.41) is 10.6. The minimum atomic E-state index is -0.425. The van der Waals surface area contributed by atoms with Crippen molar-refractivity contribution < 1.29 is 9.72 Å². The highest BCUT2D eigenvalue weighted by atomic mass is 16.6. The first-order valence-corrected chi connectivity index (χ1v) is 6.66. The molecule has 0 saturated heterocycles. The van der Waals surface area contributed by atoms with E-state index < -0.39 is 4.92 Å². The SMILES string of the molecule is CC1(C)CCCC1C(=O)Cc1ccc([N+](=O)[O-])cc1. The lowest BCUT2D eigenvalue weighted by Crippen LogP contribution is -2.27. The molecule has 1 aliphatic rings. The smallest absolute Gasteiger partial charge is 0.269 e.